The van der Waals surface area contributed by atoms with Gasteiger partial charge in [0.1, 0.15) is 11.5 Å². The maximum absolute atomic E-state index is 6.22. The Morgan fingerprint density at radius 2 is 1.67 bits per heavy atom. The van der Waals surface area contributed by atoms with Gasteiger partial charge in [0, 0.05) is 25.0 Å². The van der Waals surface area contributed by atoms with Crippen LogP contribution in [0.4, 0.5) is 5.82 Å². The van der Waals surface area contributed by atoms with Crippen LogP contribution in [-0.4, -0.2) is 14.8 Å². The van der Waals surface area contributed by atoms with Crippen molar-refractivity contribution < 1.29 is 0 Å². The summed E-state index contributed by atoms with van der Waals surface area (Å²) in [6.07, 6.45) is 3.54. The summed E-state index contributed by atoms with van der Waals surface area (Å²) in [4.78, 5) is 4.07. The number of nitrogens with two attached hydrogens (primary N) is 1. The van der Waals surface area contributed by atoms with Crippen molar-refractivity contribution in [3.8, 4) is 22.4 Å². The van der Waals surface area contributed by atoms with Gasteiger partial charge in [-0.2, -0.15) is 5.10 Å². The summed E-state index contributed by atoms with van der Waals surface area (Å²) in [5.41, 5.74) is 12.7. The average Bonchev–Trinajstić information content (AvgIpc) is 2.79. The van der Waals surface area contributed by atoms with Crippen molar-refractivity contribution >= 4 is 5.82 Å². The highest BCUT2D eigenvalue weighted by Gasteiger charge is 2.17. The molecule has 0 saturated carbocycles. The molecule has 3 rings (SSSR count). The Hall–Kier alpha value is -2.62. The molecule has 4 heteroatoms. The molecule has 1 aromatic carbocycles. The minimum absolute atomic E-state index is 0.662. The maximum atomic E-state index is 6.22. The van der Waals surface area contributed by atoms with E-state index in [0.717, 1.165) is 22.4 Å². The third kappa shape index (κ3) is 2.29. The summed E-state index contributed by atoms with van der Waals surface area (Å²) in [5, 5.41) is 4.60. The fourth-order valence-corrected chi connectivity index (χ4v) is 2.43. The van der Waals surface area contributed by atoms with E-state index >= 15 is 0 Å². The standard InChI is InChI=1S/C17H18N4/c1-11-4-5-14(10-12(11)2)16-15(17(18)21(3)20-16)13-6-8-19-9-7-13/h4-10H,18H2,1-3H3. The monoisotopic (exact) mass is 278 g/mol. The number of pyridine rings is 1. The number of rotatable bonds is 2. The average molecular weight is 278 g/mol. The zero-order valence-corrected chi connectivity index (χ0v) is 12.5. The summed E-state index contributed by atoms with van der Waals surface area (Å²) in [6.45, 7) is 4.22. The molecule has 106 valence electrons. The lowest BCUT2D eigenvalue weighted by Crippen LogP contribution is -1.97. The number of nitrogen functional groups attached to an aromatic ring is 1. The second-order valence-corrected chi connectivity index (χ2v) is 5.27. The number of hydrogen-bond donors (Lipinski definition) is 1. The molecule has 2 heterocycles. The fourth-order valence-electron chi connectivity index (χ4n) is 2.43. The van der Waals surface area contributed by atoms with Crippen molar-refractivity contribution in [2.75, 3.05) is 5.73 Å². The Bertz CT molecular complexity index is 788. The topological polar surface area (TPSA) is 56.7 Å². The van der Waals surface area contributed by atoms with Crippen molar-refractivity contribution in [3.05, 3.63) is 53.9 Å². The molecule has 0 saturated heterocycles. The number of hydrogen-bond acceptors (Lipinski definition) is 3. The quantitative estimate of drug-likeness (QED) is 0.782. The molecule has 0 radical (unpaired) electrons. The Morgan fingerprint density at radius 1 is 0.952 bits per heavy atom. The zero-order valence-electron chi connectivity index (χ0n) is 12.5. The fraction of sp³-hybridized carbons (Fsp3) is 0.176. The van der Waals surface area contributed by atoms with Crippen molar-refractivity contribution in [2.24, 2.45) is 7.05 Å². The summed E-state index contributed by atoms with van der Waals surface area (Å²) >= 11 is 0. The van der Waals surface area contributed by atoms with Crippen molar-refractivity contribution in [2.45, 2.75) is 13.8 Å². The van der Waals surface area contributed by atoms with Gasteiger partial charge >= 0.3 is 0 Å². The smallest absolute Gasteiger partial charge is 0.129 e. The van der Waals surface area contributed by atoms with Gasteiger partial charge in [-0.25, -0.2) is 0 Å². The van der Waals surface area contributed by atoms with Crippen molar-refractivity contribution in [1.29, 1.82) is 0 Å². The highest BCUT2D eigenvalue weighted by Crippen LogP contribution is 2.36. The Balaban J connectivity index is 2.24. The van der Waals surface area contributed by atoms with Gasteiger partial charge in [-0.05, 0) is 48.7 Å². The maximum Gasteiger partial charge on any atom is 0.129 e. The summed E-state index contributed by atoms with van der Waals surface area (Å²) in [6, 6.07) is 10.3. The molecule has 0 atom stereocenters. The van der Waals surface area contributed by atoms with E-state index in [1.807, 2.05) is 19.2 Å². The van der Waals surface area contributed by atoms with Crippen LogP contribution < -0.4 is 5.73 Å². The third-order valence-electron chi connectivity index (χ3n) is 3.84. The molecule has 0 aliphatic heterocycles. The second kappa shape index (κ2) is 5.05. The summed E-state index contributed by atoms with van der Waals surface area (Å²) in [7, 11) is 1.87. The van der Waals surface area contributed by atoms with Crippen LogP contribution in [0, 0.1) is 13.8 Å². The van der Waals surface area contributed by atoms with Crippen LogP contribution in [0.2, 0.25) is 0 Å². The summed E-state index contributed by atoms with van der Waals surface area (Å²) < 4.78 is 1.72. The molecule has 0 aliphatic carbocycles. The minimum Gasteiger partial charge on any atom is -0.383 e. The molecule has 0 amide bonds. The lowest BCUT2D eigenvalue weighted by Gasteiger charge is -2.06. The minimum atomic E-state index is 0.662. The van der Waals surface area contributed by atoms with Gasteiger partial charge in [-0.15, -0.1) is 0 Å². The van der Waals surface area contributed by atoms with E-state index in [4.69, 9.17) is 5.73 Å². The molecule has 4 nitrogen and oxygen atoms in total. The molecule has 2 aromatic heterocycles. The van der Waals surface area contributed by atoms with Gasteiger partial charge in [-0.3, -0.25) is 9.67 Å². The Labute approximate surface area is 124 Å². The normalized spacial score (nSPS) is 10.8. The van der Waals surface area contributed by atoms with Crippen LogP contribution in [0.25, 0.3) is 22.4 Å². The largest absolute Gasteiger partial charge is 0.383 e. The molecule has 21 heavy (non-hydrogen) atoms. The van der Waals surface area contributed by atoms with Crippen LogP contribution in [-0.2, 0) is 7.05 Å². The highest BCUT2D eigenvalue weighted by atomic mass is 15.3. The first kappa shape index (κ1) is 13.4. The van der Waals surface area contributed by atoms with Gasteiger partial charge < -0.3 is 5.73 Å². The first-order chi connectivity index (χ1) is 10.1. The van der Waals surface area contributed by atoms with Crippen LogP contribution in [0.15, 0.2) is 42.7 Å². The molecule has 0 aliphatic rings. The van der Waals surface area contributed by atoms with Crippen LogP contribution in [0.5, 0.6) is 0 Å². The molecular formula is C17H18N4. The van der Waals surface area contributed by atoms with E-state index in [0.29, 0.717) is 5.82 Å². The van der Waals surface area contributed by atoms with E-state index in [1.54, 1.807) is 17.1 Å². The van der Waals surface area contributed by atoms with Gasteiger partial charge in [0.15, 0.2) is 0 Å². The molecule has 0 fully saturated rings. The second-order valence-electron chi connectivity index (χ2n) is 5.27. The van der Waals surface area contributed by atoms with Crippen LogP contribution in [0.3, 0.4) is 0 Å². The van der Waals surface area contributed by atoms with Gasteiger partial charge in [0.2, 0.25) is 0 Å². The predicted molar refractivity (Wildman–Crippen MR) is 85.8 cm³/mol. The first-order valence-corrected chi connectivity index (χ1v) is 6.88. The number of aryl methyl sites for hydroxylation is 3. The lowest BCUT2D eigenvalue weighted by molar-refractivity contribution is 0.782. The number of aromatic nitrogens is 3. The lowest BCUT2D eigenvalue weighted by atomic mass is 9.99. The zero-order chi connectivity index (χ0) is 15.0. The predicted octanol–water partition coefficient (Wildman–Crippen LogP) is 3.35. The number of anilines is 1. The molecular weight excluding hydrogens is 260 g/mol. The molecule has 2 N–H and O–H groups in total. The molecule has 0 bridgehead atoms. The molecule has 0 unspecified atom stereocenters. The third-order valence-corrected chi connectivity index (χ3v) is 3.84. The number of benzene rings is 1. The van der Waals surface area contributed by atoms with Crippen LogP contribution >= 0.6 is 0 Å². The van der Waals surface area contributed by atoms with E-state index in [1.165, 1.54) is 11.1 Å². The number of nitrogens with zero attached hydrogens (tertiary/aromatic N) is 3. The van der Waals surface area contributed by atoms with E-state index in [-0.39, 0.29) is 0 Å². The van der Waals surface area contributed by atoms with Crippen LogP contribution in [0.1, 0.15) is 11.1 Å². The molecule has 0 spiro atoms. The van der Waals surface area contributed by atoms with Gasteiger partial charge in [-0.1, -0.05) is 12.1 Å². The first-order valence-electron chi connectivity index (χ1n) is 6.88. The van der Waals surface area contributed by atoms with Gasteiger partial charge in [0.05, 0.1) is 5.56 Å². The SMILES string of the molecule is Cc1ccc(-c2nn(C)c(N)c2-c2ccncc2)cc1C. The summed E-state index contributed by atoms with van der Waals surface area (Å²) in [5.74, 6) is 0.662. The molecule has 3 aromatic rings. The Kier molecular flexibility index (Phi) is 3.22. The highest BCUT2D eigenvalue weighted by molar-refractivity contribution is 5.88. The van der Waals surface area contributed by atoms with Crippen molar-refractivity contribution in [3.63, 3.8) is 0 Å². The van der Waals surface area contributed by atoms with E-state index in [2.05, 4.69) is 42.1 Å². The van der Waals surface area contributed by atoms with E-state index in [9.17, 15) is 0 Å². The van der Waals surface area contributed by atoms with E-state index < -0.39 is 0 Å². The van der Waals surface area contributed by atoms with Gasteiger partial charge in [0.25, 0.3) is 0 Å². The Morgan fingerprint density at radius 3 is 2.33 bits per heavy atom. The van der Waals surface area contributed by atoms with Crippen molar-refractivity contribution in [1.82, 2.24) is 14.8 Å².